The molecule has 13 heavy (non-hydrogen) atoms. The first-order valence-electron chi connectivity index (χ1n) is 4.55. The van der Waals surface area contributed by atoms with Gasteiger partial charge in [0.25, 0.3) is 0 Å². The van der Waals surface area contributed by atoms with Crippen LogP contribution in [0.15, 0.2) is 0 Å². The van der Waals surface area contributed by atoms with Gasteiger partial charge in [-0.15, -0.1) is 0 Å². The summed E-state index contributed by atoms with van der Waals surface area (Å²) in [5.41, 5.74) is -0.532. The van der Waals surface area contributed by atoms with Gasteiger partial charge in [-0.1, -0.05) is 0 Å². The molecule has 4 heteroatoms. The normalized spacial score (nSPS) is 30.8. The molecule has 1 atom stereocenters. The molecule has 0 aromatic carbocycles. The van der Waals surface area contributed by atoms with Crippen LogP contribution in [0.2, 0.25) is 0 Å². The number of halogens is 1. The van der Waals surface area contributed by atoms with Crippen molar-refractivity contribution in [3.05, 3.63) is 0 Å². The summed E-state index contributed by atoms with van der Waals surface area (Å²) in [5, 5.41) is -0.423. The molecule has 1 aliphatic heterocycles. The number of hydrogen-bond acceptors (Lipinski definition) is 3. The van der Waals surface area contributed by atoms with Crippen LogP contribution in [-0.4, -0.2) is 16.8 Å². The molecule has 0 radical (unpaired) electrons. The molecule has 1 spiro atoms. The van der Waals surface area contributed by atoms with Gasteiger partial charge < -0.3 is 4.74 Å². The summed E-state index contributed by atoms with van der Waals surface area (Å²) in [5.74, 6) is -0.676. The van der Waals surface area contributed by atoms with E-state index in [1.54, 1.807) is 0 Å². The lowest BCUT2D eigenvalue weighted by molar-refractivity contribution is -0.149. The Morgan fingerprint density at radius 3 is 2.62 bits per heavy atom. The van der Waals surface area contributed by atoms with Crippen molar-refractivity contribution < 1.29 is 14.3 Å². The average Bonchev–Trinajstić information content (AvgIpc) is 2.60. The fourth-order valence-electron chi connectivity index (χ4n) is 2.40. The molecule has 2 fully saturated rings. The van der Waals surface area contributed by atoms with Crippen molar-refractivity contribution >= 4 is 22.8 Å². The molecule has 72 valence electrons. The van der Waals surface area contributed by atoms with Gasteiger partial charge >= 0.3 is 5.97 Å². The fraction of sp³-hybridized carbons (Fsp3) is 0.778. The van der Waals surface area contributed by atoms with E-state index >= 15 is 0 Å². The molecule has 0 bridgehead atoms. The van der Waals surface area contributed by atoms with Crippen molar-refractivity contribution in [1.29, 1.82) is 0 Å². The second kappa shape index (κ2) is 2.98. The molecule has 2 aliphatic rings. The van der Waals surface area contributed by atoms with Crippen molar-refractivity contribution in [2.75, 3.05) is 0 Å². The first kappa shape index (κ1) is 9.00. The Bertz CT molecular complexity index is 256. The molecule has 1 saturated carbocycles. The topological polar surface area (TPSA) is 43.4 Å². The van der Waals surface area contributed by atoms with Crippen LogP contribution < -0.4 is 0 Å². The van der Waals surface area contributed by atoms with Gasteiger partial charge in [-0.2, -0.15) is 0 Å². The maximum Gasteiger partial charge on any atom is 0.307 e. The fourth-order valence-corrected chi connectivity index (χ4v) is 2.68. The van der Waals surface area contributed by atoms with Crippen LogP contribution in [0.1, 0.15) is 32.1 Å². The van der Waals surface area contributed by atoms with Crippen molar-refractivity contribution in [3.8, 4) is 0 Å². The lowest BCUT2D eigenvalue weighted by atomic mass is 9.87. The highest BCUT2D eigenvalue weighted by Gasteiger charge is 2.53. The Morgan fingerprint density at radius 1 is 1.46 bits per heavy atom. The number of hydrogen-bond donors (Lipinski definition) is 0. The van der Waals surface area contributed by atoms with Crippen molar-refractivity contribution in [2.24, 2.45) is 5.92 Å². The number of ether oxygens (including phenoxy) is 1. The number of rotatable bonds is 1. The Morgan fingerprint density at radius 2 is 2.08 bits per heavy atom. The summed E-state index contributed by atoms with van der Waals surface area (Å²) < 4.78 is 5.24. The van der Waals surface area contributed by atoms with Crippen molar-refractivity contribution in [2.45, 2.75) is 37.7 Å². The highest BCUT2D eigenvalue weighted by atomic mass is 35.5. The lowest BCUT2D eigenvalue weighted by Crippen LogP contribution is -2.35. The average molecular weight is 203 g/mol. The number of carbonyl (C=O) groups is 2. The molecule has 1 unspecified atom stereocenters. The Labute approximate surface area is 81.4 Å². The van der Waals surface area contributed by atoms with E-state index in [1.165, 1.54) is 0 Å². The molecule has 1 heterocycles. The maximum atomic E-state index is 11.1. The minimum Gasteiger partial charge on any atom is -0.458 e. The Balaban J connectivity index is 2.25. The van der Waals surface area contributed by atoms with E-state index < -0.39 is 16.8 Å². The van der Waals surface area contributed by atoms with Crippen molar-refractivity contribution in [1.82, 2.24) is 0 Å². The van der Waals surface area contributed by atoms with Crippen LogP contribution >= 0.6 is 11.6 Å². The number of esters is 1. The molecule has 1 saturated heterocycles. The molecule has 0 aromatic heterocycles. The third-order valence-corrected chi connectivity index (χ3v) is 3.31. The Hall–Kier alpha value is -0.570. The van der Waals surface area contributed by atoms with E-state index in [9.17, 15) is 9.59 Å². The van der Waals surface area contributed by atoms with Crippen LogP contribution in [0.5, 0.6) is 0 Å². The second-order valence-electron chi connectivity index (χ2n) is 3.81. The molecular weight excluding hydrogens is 192 g/mol. The molecule has 0 aromatic rings. The van der Waals surface area contributed by atoms with E-state index in [4.69, 9.17) is 16.3 Å². The third-order valence-electron chi connectivity index (χ3n) is 3.05. The quantitative estimate of drug-likeness (QED) is 0.480. The molecule has 0 N–H and O–H groups in total. The zero-order chi connectivity index (χ0) is 9.47. The van der Waals surface area contributed by atoms with Gasteiger partial charge in [0, 0.05) is 0 Å². The summed E-state index contributed by atoms with van der Waals surface area (Å²) in [6.45, 7) is 0. The summed E-state index contributed by atoms with van der Waals surface area (Å²) >= 11 is 5.45. The Kier molecular flexibility index (Phi) is 2.06. The van der Waals surface area contributed by atoms with E-state index in [0.717, 1.165) is 25.7 Å². The smallest absolute Gasteiger partial charge is 0.307 e. The molecule has 3 nitrogen and oxygen atoms in total. The predicted octanol–water partition coefficient (Wildman–Crippen LogP) is 1.63. The molecular formula is C9H11ClO3. The van der Waals surface area contributed by atoms with E-state index in [-0.39, 0.29) is 12.4 Å². The van der Waals surface area contributed by atoms with Crippen LogP contribution in [0.4, 0.5) is 0 Å². The largest absolute Gasteiger partial charge is 0.458 e. The van der Waals surface area contributed by atoms with E-state index in [1.807, 2.05) is 0 Å². The SMILES string of the molecule is O=C1CC(C(=O)Cl)C2(CCCC2)O1. The summed E-state index contributed by atoms with van der Waals surface area (Å²) in [7, 11) is 0. The highest BCUT2D eigenvalue weighted by molar-refractivity contribution is 6.64. The minimum absolute atomic E-state index is 0.169. The predicted molar refractivity (Wildman–Crippen MR) is 46.3 cm³/mol. The summed E-state index contributed by atoms with van der Waals surface area (Å²) in [6, 6.07) is 0. The monoisotopic (exact) mass is 202 g/mol. The molecule has 1 aliphatic carbocycles. The zero-order valence-corrected chi connectivity index (χ0v) is 7.97. The first-order chi connectivity index (χ1) is 6.14. The third kappa shape index (κ3) is 1.35. The minimum atomic E-state index is -0.532. The van der Waals surface area contributed by atoms with Crippen LogP contribution in [0, 0.1) is 5.92 Å². The highest BCUT2D eigenvalue weighted by Crippen LogP contribution is 2.46. The van der Waals surface area contributed by atoms with E-state index in [2.05, 4.69) is 0 Å². The first-order valence-corrected chi connectivity index (χ1v) is 4.93. The van der Waals surface area contributed by atoms with Crippen LogP contribution in [0.3, 0.4) is 0 Å². The molecule has 2 rings (SSSR count). The summed E-state index contributed by atoms with van der Waals surface area (Å²) in [4.78, 5) is 22.2. The maximum absolute atomic E-state index is 11.1. The van der Waals surface area contributed by atoms with Gasteiger partial charge in [0.1, 0.15) is 5.60 Å². The van der Waals surface area contributed by atoms with E-state index in [0.29, 0.717) is 0 Å². The van der Waals surface area contributed by atoms with Gasteiger partial charge in [-0.05, 0) is 37.3 Å². The number of carbonyl (C=O) groups excluding carboxylic acids is 2. The van der Waals surface area contributed by atoms with Gasteiger partial charge in [-0.25, -0.2) is 0 Å². The zero-order valence-electron chi connectivity index (χ0n) is 7.22. The van der Waals surface area contributed by atoms with Crippen molar-refractivity contribution in [3.63, 3.8) is 0 Å². The van der Waals surface area contributed by atoms with Crippen LogP contribution in [0.25, 0.3) is 0 Å². The van der Waals surface area contributed by atoms with Gasteiger partial charge in [0.2, 0.25) is 5.24 Å². The van der Waals surface area contributed by atoms with Gasteiger partial charge in [0.05, 0.1) is 12.3 Å². The standard InChI is InChI=1S/C9H11ClO3/c10-8(12)6-5-7(11)13-9(6)3-1-2-4-9/h6H,1-5H2. The summed E-state index contributed by atoms with van der Waals surface area (Å²) in [6.07, 6.45) is 3.80. The van der Waals surface area contributed by atoms with Gasteiger partial charge in [-0.3, -0.25) is 9.59 Å². The second-order valence-corrected chi connectivity index (χ2v) is 4.18. The van der Waals surface area contributed by atoms with Crippen LogP contribution in [-0.2, 0) is 14.3 Å². The molecule has 0 amide bonds. The lowest BCUT2D eigenvalue weighted by Gasteiger charge is -2.26. The van der Waals surface area contributed by atoms with Gasteiger partial charge in [0.15, 0.2) is 0 Å².